The van der Waals surface area contributed by atoms with Crippen LogP contribution in [-0.2, 0) is 13.5 Å². The Bertz CT molecular complexity index is 795. The maximum absolute atomic E-state index is 13.1. The summed E-state index contributed by atoms with van der Waals surface area (Å²) in [5, 5.41) is 4.48. The number of carbonyl (C=O) groups is 1. The van der Waals surface area contributed by atoms with Gasteiger partial charge in [0, 0.05) is 32.4 Å². The van der Waals surface area contributed by atoms with Crippen molar-refractivity contribution < 1.29 is 9.53 Å². The van der Waals surface area contributed by atoms with Crippen LogP contribution in [0.4, 0.5) is 5.69 Å². The monoisotopic (exact) mass is 370 g/mol. The number of anilines is 1. The highest BCUT2D eigenvalue weighted by Crippen LogP contribution is 2.30. The summed E-state index contributed by atoms with van der Waals surface area (Å²) < 4.78 is 6.98. The molecule has 1 amide bonds. The fourth-order valence-electron chi connectivity index (χ4n) is 3.84. The number of aryl methyl sites for hydroxylation is 2. The van der Waals surface area contributed by atoms with Crippen molar-refractivity contribution in [2.75, 3.05) is 31.6 Å². The summed E-state index contributed by atoms with van der Waals surface area (Å²) in [6, 6.07) is 10.1. The van der Waals surface area contributed by atoms with Gasteiger partial charge in [0.2, 0.25) is 0 Å². The van der Waals surface area contributed by atoms with E-state index in [0.717, 1.165) is 36.5 Å². The first-order valence-electron chi connectivity index (χ1n) is 9.59. The van der Waals surface area contributed by atoms with E-state index in [1.807, 2.05) is 30.1 Å². The lowest BCUT2D eigenvalue weighted by Gasteiger charge is -2.48. The molecule has 2 heterocycles. The fourth-order valence-corrected chi connectivity index (χ4v) is 3.84. The van der Waals surface area contributed by atoms with Gasteiger partial charge in [0.05, 0.1) is 18.3 Å². The van der Waals surface area contributed by atoms with E-state index in [-0.39, 0.29) is 11.4 Å². The average molecular weight is 370 g/mol. The number of nitrogens with zero attached hydrogens (tertiary/aromatic N) is 4. The van der Waals surface area contributed by atoms with Crippen LogP contribution in [-0.4, -0.2) is 52.9 Å². The van der Waals surface area contributed by atoms with E-state index in [4.69, 9.17) is 4.74 Å². The average Bonchev–Trinajstić information content (AvgIpc) is 3.01. The standard InChI is InChI=1S/C21H30N4O2/c1-6-7-16-14-19(23(4)22-16)20(26)24-12-13-25(21(2,3)15-24)17-8-10-18(27-5)11-9-17/h8-11,14H,6-7,12-13,15H2,1-5H3. The molecule has 1 aliphatic rings. The number of carbonyl (C=O) groups excluding carboxylic acids is 1. The molecule has 1 saturated heterocycles. The van der Waals surface area contributed by atoms with Crippen LogP contribution in [0.1, 0.15) is 43.4 Å². The Hall–Kier alpha value is -2.50. The SMILES string of the molecule is CCCc1cc(C(=O)N2CCN(c3ccc(OC)cc3)C(C)(C)C2)n(C)n1. The number of methoxy groups -OCH3 is 1. The van der Waals surface area contributed by atoms with Crippen LogP contribution in [0.15, 0.2) is 30.3 Å². The third-order valence-electron chi connectivity index (χ3n) is 5.23. The first-order chi connectivity index (χ1) is 12.9. The highest BCUT2D eigenvalue weighted by Gasteiger charge is 2.36. The number of aromatic nitrogens is 2. The number of piperazine rings is 1. The predicted molar refractivity (Wildman–Crippen MR) is 108 cm³/mol. The molecule has 0 saturated carbocycles. The number of rotatable bonds is 5. The molecule has 0 atom stereocenters. The molecule has 3 rings (SSSR count). The molecule has 0 radical (unpaired) electrons. The minimum atomic E-state index is -0.159. The van der Waals surface area contributed by atoms with Gasteiger partial charge in [0.25, 0.3) is 5.91 Å². The van der Waals surface area contributed by atoms with Crippen molar-refractivity contribution >= 4 is 11.6 Å². The molecule has 146 valence electrons. The first-order valence-corrected chi connectivity index (χ1v) is 9.59. The molecule has 6 nitrogen and oxygen atoms in total. The van der Waals surface area contributed by atoms with Crippen LogP contribution in [0.25, 0.3) is 0 Å². The maximum Gasteiger partial charge on any atom is 0.272 e. The minimum absolute atomic E-state index is 0.0646. The van der Waals surface area contributed by atoms with E-state index < -0.39 is 0 Å². The third-order valence-corrected chi connectivity index (χ3v) is 5.23. The Labute approximate surface area is 161 Å². The van der Waals surface area contributed by atoms with Crippen molar-refractivity contribution in [2.24, 2.45) is 7.05 Å². The lowest BCUT2D eigenvalue weighted by molar-refractivity contribution is 0.0675. The molecule has 2 aromatic rings. The van der Waals surface area contributed by atoms with Gasteiger partial charge >= 0.3 is 0 Å². The first kappa shape index (κ1) is 19.3. The molecule has 6 heteroatoms. The van der Waals surface area contributed by atoms with Crippen LogP contribution in [0.2, 0.25) is 0 Å². The van der Waals surface area contributed by atoms with Gasteiger partial charge in [-0.3, -0.25) is 9.48 Å². The molecule has 1 aromatic carbocycles. The molecule has 0 bridgehead atoms. The van der Waals surface area contributed by atoms with Gasteiger partial charge in [-0.1, -0.05) is 13.3 Å². The second kappa shape index (κ2) is 7.62. The molecule has 0 N–H and O–H groups in total. The molecule has 1 aromatic heterocycles. The van der Waals surface area contributed by atoms with Gasteiger partial charge in [-0.05, 0) is 50.6 Å². The summed E-state index contributed by atoms with van der Waals surface area (Å²) in [7, 11) is 3.53. The molecular weight excluding hydrogens is 340 g/mol. The second-order valence-corrected chi connectivity index (χ2v) is 7.78. The summed E-state index contributed by atoms with van der Waals surface area (Å²) in [6.07, 6.45) is 1.93. The Morgan fingerprint density at radius 2 is 1.93 bits per heavy atom. The highest BCUT2D eigenvalue weighted by atomic mass is 16.5. The van der Waals surface area contributed by atoms with Gasteiger partial charge in [0.1, 0.15) is 11.4 Å². The summed E-state index contributed by atoms with van der Waals surface area (Å²) in [6.45, 7) is 8.65. The molecular formula is C21H30N4O2. The van der Waals surface area contributed by atoms with E-state index in [1.165, 1.54) is 0 Å². The number of ether oxygens (including phenoxy) is 1. The molecule has 27 heavy (non-hydrogen) atoms. The number of benzene rings is 1. The summed E-state index contributed by atoms with van der Waals surface area (Å²) in [5.74, 6) is 0.916. The zero-order valence-corrected chi connectivity index (χ0v) is 17.0. The van der Waals surface area contributed by atoms with E-state index in [0.29, 0.717) is 18.8 Å². The minimum Gasteiger partial charge on any atom is -0.497 e. The fraction of sp³-hybridized carbons (Fsp3) is 0.524. The van der Waals surface area contributed by atoms with E-state index in [1.54, 1.807) is 11.8 Å². The number of amides is 1. The Balaban J connectivity index is 1.75. The highest BCUT2D eigenvalue weighted by molar-refractivity contribution is 5.93. The van der Waals surface area contributed by atoms with Crippen LogP contribution in [0.5, 0.6) is 5.75 Å². The molecule has 1 aliphatic heterocycles. The normalized spacial score (nSPS) is 16.5. The van der Waals surface area contributed by atoms with E-state index in [2.05, 4.69) is 42.9 Å². The smallest absolute Gasteiger partial charge is 0.272 e. The maximum atomic E-state index is 13.1. The predicted octanol–water partition coefficient (Wildman–Crippen LogP) is 3.12. The lowest BCUT2D eigenvalue weighted by Crippen LogP contribution is -2.60. The van der Waals surface area contributed by atoms with Crippen LogP contribution < -0.4 is 9.64 Å². The van der Waals surface area contributed by atoms with Crippen LogP contribution in [0.3, 0.4) is 0 Å². The lowest BCUT2D eigenvalue weighted by atomic mass is 9.97. The largest absolute Gasteiger partial charge is 0.497 e. The zero-order valence-electron chi connectivity index (χ0n) is 17.0. The number of hydrogen-bond acceptors (Lipinski definition) is 4. The Morgan fingerprint density at radius 3 is 2.52 bits per heavy atom. The van der Waals surface area contributed by atoms with Crippen LogP contribution >= 0.6 is 0 Å². The van der Waals surface area contributed by atoms with Gasteiger partial charge in [-0.15, -0.1) is 0 Å². The van der Waals surface area contributed by atoms with Crippen molar-refractivity contribution in [3.8, 4) is 5.75 Å². The Kier molecular flexibility index (Phi) is 5.44. The van der Waals surface area contributed by atoms with Gasteiger partial charge in [-0.2, -0.15) is 5.10 Å². The quantitative estimate of drug-likeness (QED) is 0.811. The van der Waals surface area contributed by atoms with Crippen molar-refractivity contribution in [1.82, 2.24) is 14.7 Å². The molecule has 0 unspecified atom stereocenters. The van der Waals surface area contributed by atoms with E-state index in [9.17, 15) is 4.79 Å². The van der Waals surface area contributed by atoms with Gasteiger partial charge in [-0.25, -0.2) is 0 Å². The van der Waals surface area contributed by atoms with Crippen molar-refractivity contribution in [1.29, 1.82) is 0 Å². The molecule has 0 aliphatic carbocycles. The number of hydrogen-bond donors (Lipinski definition) is 0. The summed E-state index contributed by atoms with van der Waals surface area (Å²) in [4.78, 5) is 17.4. The molecule has 1 fully saturated rings. The van der Waals surface area contributed by atoms with Gasteiger partial charge in [0.15, 0.2) is 0 Å². The molecule has 0 spiro atoms. The summed E-state index contributed by atoms with van der Waals surface area (Å²) in [5.41, 5.74) is 2.65. The van der Waals surface area contributed by atoms with Crippen LogP contribution in [0, 0.1) is 0 Å². The van der Waals surface area contributed by atoms with Crippen molar-refractivity contribution in [3.05, 3.63) is 41.7 Å². The summed E-state index contributed by atoms with van der Waals surface area (Å²) >= 11 is 0. The van der Waals surface area contributed by atoms with Crippen molar-refractivity contribution in [2.45, 2.75) is 39.2 Å². The van der Waals surface area contributed by atoms with Crippen molar-refractivity contribution in [3.63, 3.8) is 0 Å². The van der Waals surface area contributed by atoms with E-state index >= 15 is 0 Å². The zero-order chi connectivity index (χ0) is 19.6. The Morgan fingerprint density at radius 1 is 1.22 bits per heavy atom. The third kappa shape index (κ3) is 3.94. The topological polar surface area (TPSA) is 50.6 Å². The van der Waals surface area contributed by atoms with Gasteiger partial charge < -0.3 is 14.5 Å². The second-order valence-electron chi connectivity index (χ2n) is 7.78.